The van der Waals surface area contributed by atoms with Gasteiger partial charge in [-0.2, -0.15) is 0 Å². The molecule has 94 valence electrons. The molecular formula is C14H17N3O. The molecule has 0 atom stereocenters. The van der Waals surface area contributed by atoms with Crippen molar-refractivity contribution < 1.29 is 4.42 Å². The van der Waals surface area contributed by atoms with Crippen molar-refractivity contribution >= 4 is 0 Å². The third-order valence-corrected chi connectivity index (χ3v) is 3.47. The zero-order valence-corrected chi connectivity index (χ0v) is 10.5. The lowest BCUT2D eigenvalue weighted by atomic mass is 10.1. The lowest BCUT2D eigenvalue weighted by Gasteiger charge is -2.01. The molecule has 0 unspecified atom stereocenters. The summed E-state index contributed by atoms with van der Waals surface area (Å²) in [5, 5.41) is 11.4. The fourth-order valence-electron chi connectivity index (χ4n) is 2.50. The van der Waals surface area contributed by atoms with Gasteiger partial charge in [-0.05, 0) is 31.0 Å². The number of rotatable bonds is 4. The van der Waals surface area contributed by atoms with Gasteiger partial charge in [0, 0.05) is 18.9 Å². The van der Waals surface area contributed by atoms with Crippen molar-refractivity contribution in [1.82, 2.24) is 15.5 Å². The van der Waals surface area contributed by atoms with Gasteiger partial charge in [0.05, 0.1) is 0 Å². The molecule has 2 aromatic rings. The summed E-state index contributed by atoms with van der Waals surface area (Å²) in [6.07, 6.45) is 2.83. The number of hydrogen-bond donors (Lipinski definition) is 1. The maximum absolute atomic E-state index is 5.74. The van der Waals surface area contributed by atoms with Crippen LogP contribution in [0.3, 0.4) is 0 Å². The minimum absolute atomic E-state index is 0.359. The smallest absolute Gasteiger partial charge is 0.220 e. The second-order valence-electron chi connectivity index (χ2n) is 4.76. The molecule has 1 aromatic heterocycles. The van der Waals surface area contributed by atoms with Crippen LogP contribution in [0.25, 0.3) is 0 Å². The Kier molecular flexibility index (Phi) is 3.11. The van der Waals surface area contributed by atoms with Gasteiger partial charge in [-0.1, -0.05) is 24.3 Å². The van der Waals surface area contributed by atoms with E-state index in [1.54, 1.807) is 0 Å². The molecule has 4 nitrogen and oxygen atoms in total. The molecule has 0 spiro atoms. The van der Waals surface area contributed by atoms with Crippen molar-refractivity contribution in [1.29, 1.82) is 0 Å². The van der Waals surface area contributed by atoms with Crippen molar-refractivity contribution in [3.8, 4) is 0 Å². The molecule has 0 saturated carbocycles. The maximum Gasteiger partial charge on any atom is 0.220 e. The van der Waals surface area contributed by atoms with E-state index in [2.05, 4.69) is 39.8 Å². The second kappa shape index (κ2) is 4.90. The van der Waals surface area contributed by atoms with Gasteiger partial charge >= 0.3 is 0 Å². The van der Waals surface area contributed by atoms with Gasteiger partial charge in [0.2, 0.25) is 11.8 Å². The molecule has 1 N–H and O–H groups in total. The molecule has 0 amide bonds. The molecule has 3 rings (SSSR count). The van der Waals surface area contributed by atoms with Gasteiger partial charge in [0.15, 0.2) is 0 Å². The SMILES string of the molecule is CNCCc1nnc(C2Cc3ccccc3C2)o1. The number of benzene rings is 1. The number of hydrogen-bond acceptors (Lipinski definition) is 4. The molecule has 0 aliphatic heterocycles. The minimum Gasteiger partial charge on any atom is -0.425 e. The monoisotopic (exact) mass is 243 g/mol. The van der Waals surface area contributed by atoms with Gasteiger partial charge in [0.1, 0.15) is 0 Å². The van der Waals surface area contributed by atoms with Crippen molar-refractivity contribution in [2.45, 2.75) is 25.2 Å². The maximum atomic E-state index is 5.74. The third-order valence-electron chi connectivity index (χ3n) is 3.47. The van der Waals surface area contributed by atoms with Gasteiger partial charge in [-0.25, -0.2) is 0 Å². The molecule has 0 radical (unpaired) electrons. The molecule has 1 aliphatic carbocycles. The number of nitrogens with one attached hydrogen (secondary N) is 1. The van der Waals surface area contributed by atoms with Crippen LogP contribution < -0.4 is 5.32 Å². The van der Waals surface area contributed by atoms with E-state index in [1.165, 1.54) is 11.1 Å². The zero-order valence-electron chi connectivity index (χ0n) is 10.5. The quantitative estimate of drug-likeness (QED) is 0.888. The summed E-state index contributed by atoms with van der Waals surface area (Å²) < 4.78 is 5.74. The van der Waals surface area contributed by atoms with Crippen LogP contribution in [0.2, 0.25) is 0 Å². The number of nitrogens with zero attached hydrogens (tertiary/aromatic N) is 2. The topological polar surface area (TPSA) is 51.0 Å². The summed E-state index contributed by atoms with van der Waals surface area (Å²) in [5.41, 5.74) is 2.83. The molecule has 0 saturated heterocycles. The van der Waals surface area contributed by atoms with E-state index in [1.807, 2.05) is 7.05 Å². The summed E-state index contributed by atoms with van der Waals surface area (Å²) in [5.74, 6) is 1.88. The average molecular weight is 243 g/mol. The van der Waals surface area contributed by atoms with Crippen molar-refractivity contribution in [3.05, 3.63) is 47.2 Å². The van der Waals surface area contributed by atoms with Gasteiger partial charge in [-0.15, -0.1) is 10.2 Å². The van der Waals surface area contributed by atoms with E-state index in [-0.39, 0.29) is 0 Å². The standard InChI is InChI=1S/C14H17N3O/c1-15-7-6-13-16-17-14(18-13)12-8-10-4-2-3-5-11(10)9-12/h2-5,12,15H,6-9H2,1H3. The summed E-state index contributed by atoms with van der Waals surface area (Å²) in [7, 11) is 1.92. The molecule has 1 aliphatic rings. The first kappa shape index (κ1) is 11.4. The molecule has 1 heterocycles. The predicted molar refractivity (Wildman–Crippen MR) is 68.5 cm³/mol. The van der Waals surface area contributed by atoms with Crippen molar-refractivity contribution in [3.63, 3.8) is 0 Å². The first-order chi connectivity index (χ1) is 8.86. The molecular weight excluding hydrogens is 226 g/mol. The van der Waals surface area contributed by atoms with Crippen LogP contribution in [0.1, 0.15) is 28.8 Å². The summed E-state index contributed by atoms with van der Waals surface area (Å²) in [6.45, 7) is 0.868. The lowest BCUT2D eigenvalue weighted by Crippen LogP contribution is -2.10. The first-order valence-corrected chi connectivity index (χ1v) is 6.40. The Morgan fingerprint density at radius 2 is 1.94 bits per heavy atom. The van der Waals surface area contributed by atoms with Crippen molar-refractivity contribution in [2.75, 3.05) is 13.6 Å². The summed E-state index contributed by atoms with van der Waals surface area (Å²) in [4.78, 5) is 0. The highest BCUT2D eigenvalue weighted by Crippen LogP contribution is 2.32. The number of fused-ring (bicyclic) bond motifs is 1. The first-order valence-electron chi connectivity index (χ1n) is 6.40. The van der Waals surface area contributed by atoms with Crippen LogP contribution in [0, 0.1) is 0 Å². The van der Waals surface area contributed by atoms with Gasteiger partial charge in [-0.3, -0.25) is 0 Å². The van der Waals surface area contributed by atoms with E-state index in [4.69, 9.17) is 4.42 Å². The molecule has 1 aromatic carbocycles. The van der Waals surface area contributed by atoms with E-state index in [0.29, 0.717) is 5.92 Å². The minimum atomic E-state index is 0.359. The normalized spacial score (nSPS) is 14.9. The highest BCUT2D eigenvalue weighted by molar-refractivity contribution is 5.34. The molecule has 18 heavy (non-hydrogen) atoms. The Bertz CT molecular complexity index is 510. The summed E-state index contributed by atoms with van der Waals surface area (Å²) in [6, 6.07) is 8.56. The van der Waals surface area contributed by atoms with Crippen LogP contribution in [0.5, 0.6) is 0 Å². The second-order valence-corrected chi connectivity index (χ2v) is 4.76. The van der Waals surface area contributed by atoms with Crippen LogP contribution in [0.4, 0.5) is 0 Å². The number of likely N-dealkylation sites (N-methyl/N-ethyl adjacent to an activating group) is 1. The van der Waals surface area contributed by atoms with Crippen LogP contribution in [-0.4, -0.2) is 23.8 Å². The Morgan fingerprint density at radius 1 is 1.22 bits per heavy atom. The Morgan fingerprint density at radius 3 is 2.61 bits per heavy atom. The van der Waals surface area contributed by atoms with E-state index in [0.717, 1.165) is 37.6 Å². The van der Waals surface area contributed by atoms with E-state index >= 15 is 0 Å². The Labute approximate surface area is 106 Å². The zero-order chi connectivity index (χ0) is 12.4. The summed E-state index contributed by atoms with van der Waals surface area (Å²) >= 11 is 0. The van der Waals surface area contributed by atoms with Crippen molar-refractivity contribution in [2.24, 2.45) is 0 Å². The number of aromatic nitrogens is 2. The fourth-order valence-corrected chi connectivity index (χ4v) is 2.50. The van der Waals surface area contributed by atoms with E-state index < -0.39 is 0 Å². The average Bonchev–Trinajstić information content (AvgIpc) is 3.02. The highest BCUT2D eigenvalue weighted by Gasteiger charge is 2.26. The van der Waals surface area contributed by atoms with Gasteiger partial charge < -0.3 is 9.73 Å². The molecule has 0 bridgehead atoms. The Balaban J connectivity index is 1.72. The van der Waals surface area contributed by atoms with Crippen LogP contribution in [-0.2, 0) is 19.3 Å². The third kappa shape index (κ3) is 2.16. The largest absolute Gasteiger partial charge is 0.425 e. The lowest BCUT2D eigenvalue weighted by molar-refractivity contribution is 0.416. The van der Waals surface area contributed by atoms with Crippen LogP contribution >= 0.6 is 0 Å². The fraction of sp³-hybridized carbons (Fsp3) is 0.429. The predicted octanol–water partition coefficient (Wildman–Crippen LogP) is 1.71. The Hall–Kier alpha value is -1.68. The highest BCUT2D eigenvalue weighted by atomic mass is 16.4. The van der Waals surface area contributed by atoms with Gasteiger partial charge in [0.25, 0.3) is 0 Å². The molecule has 4 heteroatoms. The van der Waals surface area contributed by atoms with E-state index in [9.17, 15) is 0 Å². The molecule has 0 fully saturated rings. The van der Waals surface area contributed by atoms with Crippen LogP contribution in [0.15, 0.2) is 28.7 Å².